The van der Waals surface area contributed by atoms with E-state index in [1.165, 1.54) is 7.11 Å². The predicted molar refractivity (Wildman–Crippen MR) is 58.2 cm³/mol. The summed E-state index contributed by atoms with van der Waals surface area (Å²) in [5.74, 6) is 0.794. The minimum atomic E-state index is -0.406. The Kier molecular flexibility index (Phi) is 4.52. The lowest BCUT2D eigenvalue weighted by Crippen LogP contribution is -2.23. The summed E-state index contributed by atoms with van der Waals surface area (Å²) in [6, 6.07) is 1.65. The Morgan fingerprint density at radius 2 is 2.38 bits per heavy atom. The number of aliphatic hydroxyl groups excluding tert-OH is 1. The summed E-state index contributed by atoms with van der Waals surface area (Å²) in [5, 5.41) is 12.1. The number of aliphatic hydroxyl groups is 1. The third-order valence-electron chi connectivity index (χ3n) is 2.11. The molecule has 0 saturated carbocycles. The van der Waals surface area contributed by atoms with Crippen molar-refractivity contribution in [2.45, 2.75) is 26.5 Å². The van der Waals surface area contributed by atoms with Gasteiger partial charge in [0.2, 0.25) is 0 Å². The number of carbonyl (C=O) groups is 1. The maximum Gasteiger partial charge on any atom is 0.341 e. The molecule has 5 nitrogen and oxygen atoms in total. The molecule has 0 radical (unpaired) electrons. The zero-order valence-electron chi connectivity index (χ0n) is 9.74. The highest BCUT2D eigenvalue weighted by molar-refractivity contribution is 5.90. The summed E-state index contributed by atoms with van der Waals surface area (Å²) in [6.45, 7) is 4.36. The Morgan fingerprint density at radius 1 is 1.69 bits per heavy atom. The van der Waals surface area contributed by atoms with Crippen molar-refractivity contribution in [3.8, 4) is 0 Å². The highest BCUT2D eigenvalue weighted by atomic mass is 16.5. The first-order valence-electron chi connectivity index (χ1n) is 5.11. The number of rotatable bonds is 5. The summed E-state index contributed by atoms with van der Waals surface area (Å²) < 4.78 is 9.99. The number of aryl methyl sites for hydroxylation is 1. The van der Waals surface area contributed by atoms with E-state index in [1.54, 1.807) is 19.9 Å². The highest BCUT2D eigenvalue weighted by Gasteiger charge is 2.14. The van der Waals surface area contributed by atoms with E-state index in [-0.39, 0.29) is 0 Å². The number of carbonyl (C=O) groups excluding carboxylic acids is 1. The van der Waals surface area contributed by atoms with Crippen LogP contribution >= 0.6 is 0 Å². The molecule has 0 aliphatic heterocycles. The van der Waals surface area contributed by atoms with E-state index in [9.17, 15) is 4.79 Å². The van der Waals surface area contributed by atoms with Crippen molar-refractivity contribution < 1.29 is 19.1 Å². The molecule has 0 fully saturated rings. The van der Waals surface area contributed by atoms with Gasteiger partial charge in [-0.05, 0) is 19.9 Å². The predicted octanol–water partition coefficient (Wildman–Crippen LogP) is 0.845. The Bertz CT molecular complexity index is 357. The number of hydrogen-bond acceptors (Lipinski definition) is 5. The minimum Gasteiger partial charge on any atom is -0.465 e. The zero-order chi connectivity index (χ0) is 12.1. The fraction of sp³-hybridized carbons (Fsp3) is 0.545. The van der Waals surface area contributed by atoms with Gasteiger partial charge in [0, 0.05) is 6.54 Å². The normalized spacial score (nSPS) is 12.5. The van der Waals surface area contributed by atoms with Gasteiger partial charge in [-0.1, -0.05) is 0 Å². The van der Waals surface area contributed by atoms with Gasteiger partial charge in [-0.2, -0.15) is 0 Å². The van der Waals surface area contributed by atoms with E-state index in [0.717, 1.165) is 0 Å². The lowest BCUT2D eigenvalue weighted by atomic mass is 10.2. The molecule has 1 unspecified atom stereocenters. The van der Waals surface area contributed by atoms with Crippen LogP contribution in [0.3, 0.4) is 0 Å². The smallest absolute Gasteiger partial charge is 0.341 e. The van der Waals surface area contributed by atoms with Crippen LogP contribution in [0, 0.1) is 6.92 Å². The van der Waals surface area contributed by atoms with Gasteiger partial charge in [0.05, 0.1) is 19.8 Å². The van der Waals surface area contributed by atoms with E-state index in [1.807, 2.05) is 0 Å². The number of ether oxygens (including phenoxy) is 1. The average molecular weight is 227 g/mol. The molecule has 0 amide bonds. The fourth-order valence-electron chi connectivity index (χ4n) is 1.35. The van der Waals surface area contributed by atoms with Gasteiger partial charge in [0.1, 0.15) is 17.1 Å². The lowest BCUT2D eigenvalue weighted by molar-refractivity contribution is 0.0599. The van der Waals surface area contributed by atoms with Gasteiger partial charge in [-0.15, -0.1) is 0 Å². The Balaban J connectivity index is 2.59. The average Bonchev–Trinajstić information content (AvgIpc) is 2.58. The van der Waals surface area contributed by atoms with Gasteiger partial charge in [-0.25, -0.2) is 4.79 Å². The van der Waals surface area contributed by atoms with Gasteiger partial charge in [-0.3, -0.25) is 0 Å². The molecule has 0 aromatic carbocycles. The molecule has 0 bridgehead atoms. The molecule has 1 atom stereocenters. The molecule has 16 heavy (non-hydrogen) atoms. The van der Waals surface area contributed by atoms with Crippen LogP contribution in [0.1, 0.15) is 28.8 Å². The monoisotopic (exact) mass is 227 g/mol. The van der Waals surface area contributed by atoms with Crippen LogP contribution in [0.15, 0.2) is 10.5 Å². The van der Waals surface area contributed by atoms with Crippen LogP contribution in [-0.2, 0) is 11.3 Å². The molecule has 1 heterocycles. The molecule has 5 heteroatoms. The Hall–Kier alpha value is -1.33. The standard InChI is InChI=1S/C11H17NO4/c1-7(13)5-12-6-9-4-10(8(2)16-9)11(14)15-3/h4,7,12-13H,5-6H2,1-3H3. The van der Waals surface area contributed by atoms with Crippen LogP contribution in [-0.4, -0.2) is 30.8 Å². The van der Waals surface area contributed by atoms with Crippen LogP contribution in [0.4, 0.5) is 0 Å². The first-order valence-corrected chi connectivity index (χ1v) is 5.11. The summed E-state index contributed by atoms with van der Waals surface area (Å²) >= 11 is 0. The third-order valence-corrected chi connectivity index (χ3v) is 2.11. The van der Waals surface area contributed by atoms with Crippen molar-refractivity contribution in [3.05, 3.63) is 23.2 Å². The van der Waals surface area contributed by atoms with Crippen molar-refractivity contribution in [2.75, 3.05) is 13.7 Å². The molecule has 0 spiro atoms. The molecular formula is C11H17NO4. The number of furan rings is 1. The number of hydrogen-bond donors (Lipinski definition) is 2. The second-order valence-corrected chi connectivity index (χ2v) is 3.65. The molecule has 1 aromatic heterocycles. The molecule has 2 N–H and O–H groups in total. The second-order valence-electron chi connectivity index (χ2n) is 3.65. The second kappa shape index (κ2) is 5.67. The van der Waals surface area contributed by atoms with E-state index < -0.39 is 12.1 Å². The van der Waals surface area contributed by atoms with Crippen LogP contribution in [0.5, 0.6) is 0 Å². The number of nitrogens with one attached hydrogen (secondary N) is 1. The lowest BCUT2D eigenvalue weighted by Gasteiger charge is -2.03. The van der Waals surface area contributed by atoms with Gasteiger partial charge in [0.15, 0.2) is 0 Å². The van der Waals surface area contributed by atoms with Crippen LogP contribution in [0.25, 0.3) is 0 Å². The van der Waals surface area contributed by atoms with Crippen molar-refractivity contribution in [3.63, 3.8) is 0 Å². The SMILES string of the molecule is COC(=O)c1cc(CNCC(C)O)oc1C. The fourth-order valence-corrected chi connectivity index (χ4v) is 1.35. The Morgan fingerprint density at radius 3 is 2.94 bits per heavy atom. The molecule has 1 rings (SSSR count). The largest absolute Gasteiger partial charge is 0.465 e. The van der Waals surface area contributed by atoms with E-state index in [2.05, 4.69) is 10.1 Å². The molecule has 0 saturated heterocycles. The maximum atomic E-state index is 11.3. The first-order chi connectivity index (χ1) is 7.54. The third kappa shape index (κ3) is 3.36. The van der Waals surface area contributed by atoms with E-state index in [0.29, 0.717) is 30.2 Å². The maximum absolute atomic E-state index is 11.3. The van der Waals surface area contributed by atoms with Crippen molar-refractivity contribution in [2.24, 2.45) is 0 Å². The Labute approximate surface area is 94.4 Å². The van der Waals surface area contributed by atoms with Gasteiger partial charge in [0.25, 0.3) is 0 Å². The van der Waals surface area contributed by atoms with Gasteiger partial charge < -0.3 is 19.6 Å². The molecule has 90 valence electrons. The van der Waals surface area contributed by atoms with Crippen LogP contribution in [0.2, 0.25) is 0 Å². The first kappa shape index (κ1) is 12.7. The highest BCUT2D eigenvalue weighted by Crippen LogP contribution is 2.15. The molecule has 0 aliphatic carbocycles. The van der Waals surface area contributed by atoms with Gasteiger partial charge >= 0.3 is 5.97 Å². The summed E-state index contributed by atoms with van der Waals surface area (Å²) in [4.78, 5) is 11.3. The number of esters is 1. The minimum absolute atomic E-state index is 0.400. The van der Waals surface area contributed by atoms with E-state index in [4.69, 9.17) is 9.52 Å². The quantitative estimate of drug-likeness (QED) is 0.729. The summed E-state index contributed by atoms with van der Waals surface area (Å²) in [6.07, 6.45) is -0.406. The molecular weight excluding hydrogens is 210 g/mol. The molecule has 0 aliphatic rings. The van der Waals surface area contributed by atoms with E-state index >= 15 is 0 Å². The summed E-state index contributed by atoms with van der Waals surface area (Å²) in [7, 11) is 1.33. The zero-order valence-corrected chi connectivity index (χ0v) is 9.74. The van der Waals surface area contributed by atoms with Crippen LogP contribution < -0.4 is 5.32 Å². The number of methoxy groups -OCH3 is 1. The topological polar surface area (TPSA) is 71.7 Å². The van der Waals surface area contributed by atoms with Crippen molar-refractivity contribution in [1.29, 1.82) is 0 Å². The summed E-state index contributed by atoms with van der Waals surface area (Å²) in [5.41, 5.74) is 0.441. The van der Waals surface area contributed by atoms with Crippen molar-refractivity contribution >= 4 is 5.97 Å². The van der Waals surface area contributed by atoms with Crippen molar-refractivity contribution in [1.82, 2.24) is 5.32 Å². The molecule has 1 aromatic rings.